The molecular formula is C41H51BN2O6. The SMILES string of the molecule is COc1cccc(-c2cccc(COCC3=NOC(Cc4ccccc4)(C(=O)N[C@@H](CC(C)C)B4O[C@@H]5C[C@@H]6C[C@@H](C6(C)C)[C@]5(C)O4)C3)c2)c1. The summed E-state index contributed by atoms with van der Waals surface area (Å²) in [6.07, 6.45) is 3.67. The van der Waals surface area contributed by atoms with Gasteiger partial charge in [-0.1, -0.05) is 93.5 Å². The predicted octanol–water partition coefficient (Wildman–Crippen LogP) is 7.44. The molecule has 264 valence electrons. The van der Waals surface area contributed by atoms with Gasteiger partial charge in [-0.05, 0) is 89.8 Å². The third kappa shape index (κ3) is 6.72. The van der Waals surface area contributed by atoms with Crippen LogP contribution in [-0.4, -0.2) is 55.7 Å². The number of methoxy groups -OCH3 is 1. The first-order valence-corrected chi connectivity index (χ1v) is 18.2. The summed E-state index contributed by atoms with van der Waals surface area (Å²) in [5, 5.41) is 7.81. The lowest BCUT2D eigenvalue weighted by Crippen LogP contribution is -2.65. The Bertz CT molecular complexity index is 1710. The van der Waals surface area contributed by atoms with Crippen LogP contribution in [0.4, 0.5) is 0 Å². The fourth-order valence-electron chi connectivity index (χ4n) is 8.89. The molecule has 0 aromatic heterocycles. The fraction of sp³-hybridized carbons (Fsp3) is 0.512. The van der Waals surface area contributed by atoms with Gasteiger partial charge in [-0.3, -0.25) is 4.79 Å². The van der Waals surface area contributed by atoms with Gasteiger partial charge in [0.15, 0.2) is 0 Å². The summed E-state index contributed by atoms with van der Waals surface area (Å²) in [5.41, 5.74) is 3.60. The number of nitrogens with zero attached hydrogens (tertiary/aromatic N) is 1. The van der Waals surface area contributed by atoms with Gasteiger partial charge in [-0.15, -0.1) is 0 Å². The van der Waals surface area contributed by atoms with Gasteiger partial charge in [-0.2, -0.15) is 0 Å². The summed E-state index contributed by atoms with van der Waals surface area (Å²) in [5.74, 6) is 1.72. The molecule has 1 unspecified atom stereocenters. The molecule has 50 heavy (non-hydrogen) atoms. The Labute approximate surface area is 297 Å². The van der Waals surface area contributed by atoms with Gasteiger partial charge < -0.3 is 28.9 Å². The first kappa shape index (κ1) is 34.8. The van der Waals surface area contributed by atoms with E-state index in [-0.39, 0.29) is 35.6 Å². The van der Waals surface area contributed by atoms with Gasteiger partial charge in [0.2, 0.25) is 5.60 Å². The first-order chi connectivity index (χ1) is 24.0. The highest BCUT2D eigenvalue weighted by Gasteiger charge is 2.68. The quantitative estimate of drug-likeness (QED) is 0.189. The van der Waals surface area contributed by atoms with Gasteiger partial charge in [-0.25, -0.2) is 0 Å². The molecule has 0 radical (unpaired) electrons. The minimum atomic E-state index is -1.21. The maximum atomic E-state index is 14.5. The summed E-state index contributed by atoms with van der Waals surface area (Å²) >= 11 is 0. The molecule has 9 heteroatoms. The maximum Gasteiger partial charge on any atom is 0.481 e. The van der Waals surface area contributed by atoms with Crippen LogP contribution >= 0.6 is 0 Å². The van der Waals surface area contributed by atoms with E-state index >= 15 is 0 Å². The highest BCUT2D eigenvalue weighted by Crippen LogP contribution is 2.65. The Balaban J connectivity index is 1.03. The van der Waals surface area contributed by atoms with Crippen molar-refractivity contribution in [3.8, 4) is 16.9 Å². The molecule has 2 heterocycles. The van der Waals surface area contributed by atoms with Crippen molar-refractivity contribution in [1.29, 1.82) is 0 Å². The molecule has 8 rings (SSSR count). The molecule has 6 atom stereocenters. The largest absolute Gasteiger partial charge is 0.497 e. The van der Waals surface area contributed by atoms with E-state index in [0.717, 1.165) is 40.8 Å². The second kappa shape index (κ2) is 13.8. The zero-order valence-corrected chi connectivity index (χ0v) is 30.3. The molecule has 1 amide bonds. The second-order valence-electron chi connectivity index (χ2n) is 16.1. The maximum absolute atomic E-state index is 14.5. The van der Waals surface area contributed by atoms with Crippen LogP contribution in [0.2, 0.25) is 0 Å². The minimum absolute atomic E-state index is 0.0418. The fourth-order valence-corrected chi connectivity index (χ4v) is 8.89. The molecular weight excluding hydrogens is 627 g/mol. The van der Waals surface area contributed by atoms with Crippen LogP contribution in [0.5, 0.6) is 5.75 Å². The lowest BCUT2D eigenvalue weighted by Gasteiger charge is -2.64. The molecule has 3 aromatic carbocycles. The van der Waals surface area contributed by atoms with Crippen molar-refractivity contribution in [1.82, 2.24) is 5.32 Å². The number of benzene rings is 3. The number of oxime groups is 1. The number of rotatable bonds is 13. The number of nitrogens with one attached hydrogen (secondary N) is 1. The van der Waals surface area contributed by atoms with Crippen molar-refractivity contribution in [3.63, 3.8) is 0 Å². The number of carbonyl (C=O) groups is 1. The molecule has 1 saturated heterocycles. The van der Waals surface area contributed by atoms with Crippen LogP contribution < -0.4 is 10.1 Å². The van der Waals surface area contributed by atoms with E-state index in [9.17, 15) is 4.79 Å². The molecule has 5 aliphatic rings. The molecule has 4 fully saturated rings. The van der Waals surface area contributed by atoms with Crippen LogP contribution in [0.1, 0.15) is 71.4 Å². The lowest BCUT2D eigenvalue weighted by atomic mass is 9.43. The van der Waals surface area contributed by atoms with Crippen LogP contribution in [-0.2, 0) is 36.7 Å². The summed E-state index contributed by atoms with van der Waals surface area (Å²) in [4.78, 5) is 20.6. The van der Waals surface area contributed by atoms with Crippen molar-refractivity contribution in [2.24, 2.45) is 28.3 Å². The predicted molar refractivity (Wildman–Crippen MR) is 196 cm³/mol. The molecule has 3 aromatic rings. The molecule has 3 aliphatic carbocycles. The van der Waals surface area contributed by atoms with Gasteiger partial charge in [0.1, 0.15) is 5.75 Å². The second-order valence-corrected chi connectivity index (χ2v) is 16.1. The normalized spacial score (nSPS) is 28.3. The van der Waals surface area contributed by atoms with Crippen molar-refractivity contribution < 1.29 is 28.4 Å². The van der Waals surface area contributed by atoms with Crippen molar-refractivity contribution >= 4 is 18.7 Å². The first-order valence-electron chi connectivity index (χ1n) is 18.2. The lowest BCUT2D eigenvalue weighted by molar-refractivity contribution is -0.199. The van der Waals surface area contributed by atoms with Gasteiger partial charge in [0, 0.05) is 12.8 Å². The summed E-state index contributed by atoms with van der Waals surface area (Å²) in [6.45, 7) is 11.9. The summed E-state index contributed by atoms with van der Waals surface area (Å²) in [6, 6.07) is 26.3. The average Bonchev–Trinajstić information content (AvgIpc) is 3.69. The zero-order chi connectivity index (χ0) is 35.1. The molecule has 1 N–H and O–H groups in total. The van der Waals surface area contributed by atoms with E-state index in [4.69, 9.17) is 23.6 Å². The summed E-state index contributed by atoms with van der Waals surface area (Å²) in [7, 11) is 1.16. The number of hydrogen-bond acceptors (Lipinski definition) is 7. The third-order valence-electron chi connectivity index (χ3n) is 11.8. The van der Waals surface area contributed by atoms with E-state index in [1.165, 1.54) is 6.42 Å². The highest BCUT2D eigenvalue weighted by molar-refractivity contribution is 6.48. The molecule has 3 saturated carbocycles. The van der Waals surface area contributed by atoms with Crippen LogP contribution in [0, 0.1) is 23.2 Å². The minimum Gasteiger partial charge on any atom is -0.497 e. The van der Waals surface area contributed by atoms with Crippen LogP contribution in [0.15, 0.2) is 84.0 Å². The number of carbonyl (C=O) groups excluding carboxylic acids is 1. The van der Waals surface area contributed by atoms with Crippen LogP contribution in [0.25, 0.3) is 11.1 Å². The molecule has 2 aliphatic heterocycles. The van der Waals surface area contributed by atoms with Crippen LogP contribution in [0.3, 0.4) is 0 Å². The smallest absolute Gasteiger partial charge is 0.481 e. The Kier molecular flexibility index (Phi) is 9.61. The number of ether oxygens (including phenoxy) is 2. The van der Waals surface area contributed by atoms with E-state index in [0.29, 0.717) is 42.9 Å². The summed E-state index contributed by atoms with van der Waals surface area (Å²) < 4.78 is 25.1. The van der Waals surface area contributed by atoms with E-state index in [2.05, 4.69) is 63.3 Å². The molecule has 8 nitrogen and oxygen atoms in total. The Morgan fingerprint density at radius 3 is 2.44 bits per heavy atom. The number of amides is 1. The Morgan fingerprint density at radius 2 is 1.70 bits per heavy atom. The van der Waals surface area contributed by atoms with E-state index < -0.39 is 12.7 Å². The molecule has 2 bridgehead atoms. The third-order valence-corrected chi connectivity index (χ3v) is 11.8. The Hall–Kier alpha value is -3.66. The monoisotopic (exact) mass is 678 g/mol. The standard InChI is InChI=1S/C41H51BN2O6/c1-27(2)18-37(42-48-36-22-32-21-35(39(32,3)4)40(36,5)49-42)43-38(45)41(23-28-12-8-7-9-13-28)24-33(44-50-41)26-47-25-29-14-10-15-30(19-29)31-16-11-17-34(20-31)46-6/h7-17,19-20,27,32,35-37H,18,21-26H2,1-6H3,(H,43,45)/t32-,35-,36+,37-,40-,41?/m0/s1. The van der Waals surface area contributed by atoms with Gasteiger partial charge >= 0.3 is 7.12 Å². The van der Waals surface area contributed by atoms with Crippen molar-refractivity contribution in [2.45, 2.75) is 96.6 Å². The highest BCUT2D eigenvalue weighted by atomic mass is 16.7. The van der Waals surface area contributed by atoms with Gasteiger partial charge in [0.25, 0.3) is 5.91 Å². The number of hydrogen-bond donors (Lipinski definition) is 1. The zero-order valence-electron chi connectivity index (χ0n) is 30.3. The topological polar surface area (TPSA) is 87.6 Å². The van der Waals surface area contributed by atoms with E-state index in [1.54, 1.807) is 7.11 Å². The Morgan fingerprint density at radius 1 is 0.960 bits per heavy atom. The molecule has 0 spiro atoms. The average molecular weight is 679 g/mol. The van der Waals surface area contributed by atoms with E-state index in [1.807, 2.05) is 60.7 Å². The van der Waals surface area contributed by atoms with Crippen molar-refractivity contribution in [2.75, 3.05) is 13.7 Å². The van der Waals surface area contributed by atoms with Crippen molar-refractivity contribution in [3.05, 3.63) is 90.0 Å². The van der Waals surface area contributed by atoms with Gasteiger partial charge in [0.05, 0.1) is 43.7 Å².